The Kier molecular flexibility index (Phi) is 5.63. The second-order valence-electron chi connectivity index (χ2n) is 5.49. The maximum absolute atomic E-state index is 12.4. The average molecular weight is 374 g/mol. The van der Waals surface area contributed by atoms with Crippen LogP contribution in [0.3, 0.4) is 0 Å². The lowest BCUT2D eigenvalue weighted by Gasteiger charge is -2.18. The molecule has 1 aromatic carbocycles. The lowest BCUT2D eigenvalue weighted by molar-refractivity contribution is -0.141. The molecule has 0 radical (unpaired) electrons. The van der Waals surface area contributed by atoms with Crippen molar-refractivity contribution in [3.8, 4) is 0 Å². The van der Waals surface area contributed by atoms with Crippen LogP contribution < -0.4 is 0 Å². The van der Waals surface area contributed by atoms with Gasteiger partial charge in [-0.25, -0.2) is 8.42 Å². The number of carboxylic acids is 2. The Bertz CT molecular complexity index is 776. The zero-order valence-electron chi connectivity index (χ0n) is 12.5. The number of nitrogens with zero attached hydrogens (tertiary/aromatic N) is 1. The summed E-state index contributed by atoms with van der Waals surface area (Å²) >= 11 is 5.95. The van der Waals surface area contributed by atoms with Gasteiger partial charge in [0.25, 0.3) is 0 Å². The first-order valence-corrected chi connectivity index (χ1v) is 8.98. The molecule has 1 aromatic rings. The quantitative estimate of drug-likeness (QED) is 0.787. The van der Waals surface area contributed by atoms with E-state index in [-0.39, 0.29) is 19.4 Å². The van der Waals surface area contributed by atoms with Gasteiger partial charge in [0.05, 0.1) is 0 Å². The second kappa shape index (κ2) is 7.33. The normalized spacial score (nSPS) is 22.0. The van der Waals surface area contributed by atoms with Gasteiger partial charge in [0.1, 0.15) is 6.04 Å². The van der Waals surface area contributed by atoms with Crippen LogP contribution in [0.15, 0.2) is 29.7 Å². The Morgan fingerprint density at radius 1 is 1.29 bits per heavy atom. The summed E-state index contributed by atoms with van der Waals surface area (Å²) in [5.74, 6) is -2.92. The number of carboxylic acid groups (broad SMARTS) is 2. The predicted octanol–water partition coefficient (Wildman–Crippen LogP) is 1.89. The van der Waals surface area contributed by atoms with Crippen LogP contribution in [0.2, 0.25) is 5.02 Å². The van der Waals surface area contributed by atoms with Crippen molar-refractivity contribution in [1.82, 2.24) is 4.31 Å². The van der Waals surface area contributed by atoms with Gasteiger partial charge in [-0.05, 0) is 30.0 Å². The van der Waals surface area contributed by atoms with Crippen LogP contribution in [0.4, 0.5) is 0 Å². The molecule has 2 atom stereocenters. The van der Waals surface area contributed by atoms with E-state index in [1.165, 1.54) is 6.08 Å². The third-order valence-corrected chi connectivity index (χ3v) is 5.62. The van der Waals surface area contributed by atoms with E-state index in [0.717, 1.165) is 9.71 Å². The van der Waals surface area contributed by atoms with E-state index in [1.807, 2.05) is 0 Å². The zero-order chi connectivity index (χ0) is 17.9. The summed E-state index contributed by atoms with van der Waals surface area (Å²) in [5.41, 5.74) is 0.482. The molecule has 0 aliphatic carbocycles. The van der Waals surface area contributed by atoms with Crippen LogP contribution >= 0.6 is 11.6 Å². The predicted molar refractivity (Wildman–Crippen MR) is 87.9 cm³/mol. The number of carbonyl (C=O) groups is 2. The van der Waals surface area contributed by atoms with Gasteiger partial charge in [-0.15, -0.1) is 0 Å². The minimum Gasteiger partial charge on any atom is -0.481 e. The second-order valence-corrected chi connectivity index (χ2v) is 7.67. The molecule has 0 saturated carbocycles. The number of hydrogen-bond acceptors (Lipinski definition) is 4. The summed E-state index contributed by atoms with van der Waals surface area (Å²) in [6.45, 7) is -0.140. The highest BCUT2D eigenvalue weighted by atomic mass is 35.5. The smallest absolute Gasteiger partial charge is 0.322 e. The van der Waals surface area contributed by atoms with Crippen LogP contribution in [0.5, 0.6) is 0 Å². The maximum Gasteiger partial charge on any atom is 0.322 e. The van der Waals surface area contributed by atoms with E-state index in [9.17, 15) is 23.1 Å². The molecule has 9 heteroatoms. The van der Waals surface area contributed by atoms with Gasteiger partial charge in [0.2, 0.25) is 10.0 Å². The van der Waals surface area contributed by atoms with Gasteiger partial charge >= 0.3 is 11.9 Å². The van der Waals surface area contributed by atoms with Crippen molar-refractivity contribution in [2.24, 2.45) is 5.92 Å². The number of hydrogen-bond donors (Lipinski definition) is 2. The molecule has 1 aliphatic rings. The molecule has 24 heavy (non-hydrogen) atoms. The summed E-state index contributed by atoms with van der Waals surface area (Å²) < 4.78 is 25.7. The molecular formula is C15H16ClNO6S. The van der Waals surface area contributed by atoms with Crippen LogP contribution in [0.1, 0.15) is 18.4 Å². The number of sulfonamides is 1. The highest BCUT2D eigenvalue weighted by Gasteiger charge is 2.43. The summed E-state index contributed by atoms with van der Waals surface area (Å²) in [7, 11) is -4.02. The standard InChI is InChI=1S/C15H16ClNO6S/c16-12-4-2-1-3-11(12)5-6-24(22,23)17-9-10(8-14(18)19)7-13(17)15(20)21/h1-6,10,13H,7-9H2,(H,18,19)(H,20,21)/b6-5+. The van der Waals surface area contributed by atoms with Crippen molar-refractivity contribution in [2.45, 2.75) is 18.9 Å². The lowest BCUT2D eigenvalue weighted by Crippen LogP contribution is -2.39. The van der Waals surface area contributed by atoms with Crippen molar-refractivity contribution in [3.63, 3.8) is 0 Å². The fraction of sp³-hybridized carbons (Fsp3) is 0.333. The number of rotatable bonds is 6. The average Bonchev–Trinajstić information content (AvgIpc) is 2.90. The van der Waals surface area contributed by atoms with Crippen LogP contribution in [0, 0.1) is 5.92 Å². The Balaban J connectivity index is 2.24. The van der Waals surface area contributed by atoms with Crippen LogP contribution in [-0.4, -0.2) is 47.5 Å². The molecule has 1 saturated heterocycles. The summed E-state index contributed by atoms with van der Waals surface area (Å²) in [6.07, 6.45) is 0.992. The van der Waals surface area contributed by atoms with E-state index in [2.05, 4.69) is 0 Å². The largest absolute Gasteiger partial charge is 0.481 e. The molecule has 1 aliphatic heterocycles. The van der Waals surface area contributed by atoms with Crippen LogP contribution in [-0.2, 0) is 19.6 Å². The minimum atomic E-state index is -4.02. The molecule has 7 nitrogen and oxygen atoms in total. The van der Waals surface area contributed by atoms with Crippen molar-refractivity contribution in [2.75, 3.05) is 6.54 Å². The van der Waals surface area contributed by atoms with Gasteiger partial charge in [0, 0.05) is 23.4 Å². The molecule has 1 heterocycles. The van der Waals surface area contributed by atoms with Gasteiger partial charge in [-0.2, -0.15) is 4.31 Å². The Hall–Kier alpha value is -1.90. The highest BCUT2D eigenvalue weighted by Crippen LogP contribution is 2.29. The van der Waals surface area contributed by atoms with Gasteiger partial charge in [-0.1, -0.05) is 29.8 Å². The number of benzene rings is 1. The molecular weight excluding hydrogens is 358 g/mol. The highest BCUT2D eigenvalue weighted by molar-refractivity contribution is 7.92. The molecule has 0 amide bonds. The third kappa shape index (κ3) is 4.34. The fourth-order valence-electron chi connectivity index (χ4n) is 2.64. The first-order chi connectivity index (χ1) is 11.2. The van der Waals surface area contributed by atoms with Crippen LogP contribution in [0.25, 0.3) is 6.08 Å². The molecule has 2 N–H and O–H groups in total. The lowest BCUT2D eigenvalue weighted by atomic mass is 10.0. The molecule has 0 bridgehead atoms. The first kappa shape index (κ1) is 18.4. The van der Waals surface area contributed by atoms with E-state index in [4.69, 9.17) is 16.7 Å². The monoisotopic (exact) mass is 373 g/mol. The molecule has 130 valence electrons. The molecule has 0 aromatic heterocycles. The van der Waals surface area contributed by atoms with Crippen molar-refractivity contribution in [1.29, 1.82) is 0 Å². The van der Waals surface area contributed by atoms with E-state index in [1.54, 1.807) is 24.3 Å². The summed E-state index contributed by atoms with van der Waals surface area (Å²) in [6, 6.07) is 5.35. The van der Waals surface area contributed by atoms with Crippen molar-refractivity contribution >= 4 is 39.6 Å². The number of halogens is 1. The maximum atomic E-state index is 12.4. The summed E-state index contributed by atoms with van der Waals surface area (Å²) in [4.78, 5) is 22.1. The molecule has 0 spiro atoms. The Morgan fingerprint density at radius 2 is 1.96 bits per heavy atom. The summed E-state index contributed by atoms with van der Waals surface area (Å²) in [5, 5.41) is 19.3. The van der Waals surface area contributed by atoms with E-state index < -0.39 is 33.9 Å². The molecule has 1 fully saturated rings. The zero-order valence-corrected chi connectivity index (χ0v) is 14.1. The molecule has 2 unspecified atom stereocenters. The van der Waals surface area contributed by atoms with E-state index >= 15 is 0 Å². The Labute approximate surface area is 144 Å². The van der Waals surface area contributed by atoms with Gasteiger partial charge in [0.15, 0.2) is 0 Å². The minimum absolute atomic E-state index is 0.0270. The first-order valence-electron chi connectivity index (χ1n) is 7.10. The molecule has 2 rings (SSSR count). The Morgan fingerprint density at radius 3 is 2.54 bits per heavy atom. The van der Waals surface area contributed by atoms with Gasteiger partial charge < -0.3 is 10.2 Å². The fourth-order valence-corrected chi connectivity index (χ4v) is 4.26. The van der Waals surface area contributed by atoms with Gasteiger partial charge in [-0.3, -0.25) is 9.59 Å². The topological polar surface area (TPSA) is 112 Å². The number of aliphatic carboxylic acids is 2. The SMILES string of the molecule is O=C(O)CC1CC(C(=O)O)N(S(=O)(=O)/C=C/c2ccccc2Cl)C1. The van der Waals surface area contributed by atoms with Crippen molar-refractivity contribution in [3.05, 3.63) is 40.3 Å². The van der Waals surface area contributed by atoms with E-state index in [0.29, 0.717) is 10.6 Å². The van der Waals surface area contributed by atoms with Crippen molar-refractivity contribution < 1.29 is 28.2 Å². The third-order valence-electron chi connectivity index (χ3n) is 3.74.